The number of benzene rings is 9. The van der Waals surface area contributed by atoms with E-state index in [4.69, 9.17) is 0 Å². The van der Waals surface area contributed by atoms with Gasteiger partial charge in [-0.2, -0.15) is 0 Å². The lowest BCUT2D eigenvalue weighted by Crippen LogP contribution is -2.10. The van der Waals surface area contributed by atoms with Crippen molar-refractivity contribution >= 4 is 64.6 Å². The van der Waals surface area contributed by atoms with Crippen LogP contribution in [0.4, 0.5) is 0 Å². The third-order valence-electron chi connectivity index (χ3n) is 11.1. The predicted octanol–water partition coefficient (Wildman–Crippen LogP) is 14.0. The molecule has 48 heavy (non-hydrogen) atoms. The van der Waals surface area contributed by atoms with Gasteiger partial charge in [0.1, 0.15) is 0 Å². The Morgan fingerprint density at radius 2 is 0.625 bits per heavy atom. The molecule has 0 fully saturated rings. The van der Waals surface area contributed by atoms with E-state index < -0.39 is 0 Å². The summed E-state index contributed by atoms with van der Waals surface area (Å²) in [7, 11) is 0. The largest absolute Gasteiger partial charge is 0.0561 e. The van der Waals surface area contributed by atoms with Gasteiger partial charge in [0.05, 0.1) is 0 Å². The number of hydrogen-bond acceptors (Lipinski definition) is 0. The van der Waals surface area contributed by atoms with E-state index in [0.717, 1.165) is 0 Å². The highest BCUT2D eigenvalue weighted by atomic mass is 14.2. The summed E-state index contributed by atoms with van der Waals surface area (Å²) in [5.41, 5.74) is 10.9. The Labute approximate surface area is 283 Å². The molecule has 0 aliphatic heterocycles. The van der Waals surface area contributed by atoms with Gasteiger partial charge in [-0.3, -0.25) is 0 Å². The van der Waals surface area contributed by atoms with E-state index in [2.05, 4.69) is 165 Å². The Morgan fingerprint density at radius 3 is 0.979 bits per heavy atom. The van der Waals surface area contributed by atoms with Crippen LogP contribution in [0.15, 0.2) is 109 Å². The van der Waals surface area contributed by atoms with Crippen molar-refractivity contribution in [1.82, 2.24) is 0 Å². The number of hydrogen-bond donors (Lipinski definition) is 0. The minimum Gasteiger partial charge on any atom is -0.0561 e. The molecule has 0 bridgehead atoms. The average molecular weight is 619 g/mol. The van der Waals surface area contributed by atoms with Gasteiger partial charge in [-0.05, 0) is 134 Å². The van der Waals surface area contributed by atoms with E-state index in [0.29, 0.717) is 0 Å². The van der Waals surface area contributed by atoms with E-state index in [1.807, 2.05) is 0 Å². The maximum absolute atomic E-state index is 2.43. The maximum atomic E-state index is 2.43. The fourth-order valence-electron chi connectivity index (χ4n) is 8.37. The smallest absolute Gasteiger partial charge is 0.00206 e. The van der Waals surface area contributed by atoms with Crippen molar-refractivity contribution in [2.24, 2.45) is 0 Å². The first-order chi connectivity index (χ1) is 22.9. The molecule has 0 aliphatic rings. The maximum Gasteiger partial charge on any atom is -0.00206 e. The molecule has 0 nitrogen and oxygen atoms in total. The molecule has 0 heteroatoms. The average Bonchev–Trinajstić information content (AvgIpc) is 3.05. The van der Waals surface area contributed by atoms with Crippen LogP contribution in [-0.2, 0) is 10.8 Å². The highest BCUT2D eigenvalue weighted by molar-refractivity contribution is 6.27. The van der Waals surface area contributed by atoms with Crippen molar-refractivity contribution < 1.29 is 0 Å². The first-order valence-corrected chi connectivity index (χ1v) is 17.4. The first-order valence-electron chi connectivity index (χ1n) is 17.4. The van der Waals surface area contributed by atoms with Gasteiger partial charge >= 0.3 is 0 Å². The molecular weight excluding hydrogens is 577 g/mol. The number of aryl methyl sites for hydroxylation is 2. The van der Waals surface area contributed by atoms with Crippen molar-refractivity contribution in [3.63, 3.8) is 0 Å². The Bertz CT molecular complexity index is 2510. The zero-order chi connectivity index (χ0) is 33.3. The molecule has 0 heterocycles. The minimum absolute atomic E-state index is 0.108. The van der Waals surface area contributed by atoms with Gasteiger partial charge in [0, 0.05) is 0 Å². The van der Waals surface area contributed by atoms with Crippen LogP contribution in [-0.4, -0.2) is 0 Å². The molecule has 0 atom stereocenters. The van der Waals surface area contributed by atoms with Crippen LogP contribution in [0.2, 0.25) is 0 Å². The molecule has 0 amide bonds. The second-order valence-electron chi connectivity index (χ2n) is 16.4. The highest BCUT2D eigenvalue weighted by Gasteiger charge is 2.21. The summed E-state index contributed by atoms with van der Waals surface area (Å²) in [6, 6.07) is 42.4. The van der Waals surface area contributed by atoms with Gasteiger partial charge < -0.3 is 0 Å². The van der Waals surface area contributed by atoms with Crippen molar-refractivity contribution in [3.05, 3.63) is 131 Å². The second kappa shape index (κ2) is 9.80. The number of rotatable bonds is 2. The molecular formula is C48H42. The minimum atomic E-state index is 0.108. The van der Waals surface area contributed by atoms with Crippen LogP contribution in [0.5, 0.6) is 0 Å². The van der Waals surface area contributed by atoms with Gasteiger partial charge in [0.2, 0.25) is 0 Å². The van der Waals surface area contributed by atoms with Crippen molar-refractivity contribution in [1.29, 1.82) is 0 Å². The second-order valence-corrected chi connectivity index (χ2v) is 16.4. The van der Waals surface area contributed by atoms with Gasteiger partial charge in [-0.25, -0.2) is 0 Å². The Balaban J connectivity index is 1.23. The van der Waals surface area contributed by atoms with Gasteiger partial charge in [-0.1, -0.05) is 151 Å². The summed E-state index contributed by atoms with van der Waals surface area (Å²) in [4.78, 5) is 0. The van der Waals surface area contributed by atoms with E-state index in [-0.39, 0.29) is 10.8 Å². The summed E-state index contributed by atoms with van der Waals surface area (Å²) < 4.78 is 0. The lowest BCUT2D eigenvalue weighted by molar-refractivity contribution is 0.591. The molecule has 0 aromatic heterocycles. The molecule has 0 spiro atoms. The summed E-state index contributed by atoms with van der Waals surface area (Å²) in [6.45, 7) is 18.4. The van der Waals surface area contributed by atoms with Gasteiger partial charge in [0.25, 0.3) is 0 Å². The molecule has 9 rings (SSSR count). The molecule has 234 valence electrons. The van der Waals surface area contributed by atoms with E-state index >= 15 is 0 Å². The first kappa shape index (κ1) is 29.2. The predicted molar refractivity (Wildman–Crippen MR) is 212 cm³/mol. The molecule has 9 aromatic carbocycles. The van der Waals surface area contributed by atoms with E-state index in [1.165, 1.54) is 109 Å². The summed E-state index contributed by atoms with van der Waals surface area (Å²) in [5, 5.41) is 16.1. The monoisotopic (exact) mass is 618 g/mol. The van der Waals surface area contributed by atoms with Crippen LogP contribution in [0.3, 0.4) is 0 Å². The summed E-state index contributed by atoms with van der Waals surface area (Å²) in [6.07, 6.45) is 0. The summed E-state index contributed by atoms with van der Waals surface area (Å²) in [5.74, 6) is 0. The SMILES string of the molecule is Cc1cc(-c2ccc3ccc4cc(C(C)(C)C)cc5ccc2c3c45)c(C)cc1-c1ccc2ccc3cc(C(C)(C)C)cc4ccc1c2c34. The zero-order valence-electron chi connectivity index (χ0n) is 29.4. The van der Waals surface area contributed by atoms with Gasteiger partial charge in [0.15, 0.2) is 0 Å². The van der Waals surface area contributed by atoms with E-state index in [9.17, 15) is 0 Å². The Hall–Kier alpha value is -4.94. The van der Waals surface area contributed by atoms with Crippen LogP contribution < -0.4 is 0 Å². The zero-order valence-corrected chi connectivity index (χ0v) is 29.4. The Morgan fingerprint density at radius 1 is 0.312 bits per heavy atom. The standard InChI is InChI=1S/C48H42/c1-27-21-42(38-18-14-30-10-12-32-24-36(48(6,7)8)26-34-16-20-40(38)46(30)44(32)34)28(2)22-41(27)37-17-13-29-9-11-31-23-35(47(3,4)5)25-33-15-19-39(37)45(29)43(31)33/h9-26H,1-8H3. The summed E-state index contributed by atoms with van der Waals surface area (Å²) >= 11 is 0. The molecule has 0 saturated heterocycles. The topological polar surface area (TPSA) is 0 Å². The quantitative estimate of drug-likeness (QED) is 0.169. The molecule has 0 unspecified atom stereocenters. The lowest BCUT2D eigenvalue weighted by atomic mass is 9.81. The molecule has 0 N–H and O–H groups in total. The third-order valence-corrected chi connectivity index (χ3v) is 11.1. The van der Waals surface area contributed by atoms with Crippen LogP contribution >= 0.6 is 0 Å². The molecule has 0 saturated carbocycles. The third kappa shape index (κ3) is 4.21. The normalized spacial score (nSPS) is 13.0. The van der Waals surface area contributed by atoms with Crippen LogP contribution in [0, 0.1) is 13.8 Å². The molecule has 0 radical (unpaired) electrons. The van der Waals surface area contributed by atoms with Crippen molar-refractivity contribution in [3.8, 4) is 22.3 Å². The molecule has 0 aliphatic carbocycles. The van der Waals surface area contributed by atoms with Crippen LogP contribution in [0.25, 0.3) is 86.9 Å². The lowest BCUT2D eigenvalue weighted by Gasteiger charge is -2.22. The molecule has 9 aromatic rings. The van der Waals surface area contributed by atoms with Crippen LogP contribution in [0.1, 0.15) is 63.8 Å². The fourth-order valence-corrected chi connectivity index (χ4v) is 8.37. The fraction of sp³-hybridized carbons (Fsp3) is 0.208. The van der Waals surface area contributed by atoms with E-state index in [1.54, 1.807) is 0 Å². The highest BCUT2D eigenvalue weighted by Crippen LogP contribution is 2.45. The van der Waals surface area contributed by atoms with Crippen molar-refractivity contribution in [2.45, 2.75) is 66.2 Å². The van der Waals surface area contributed by atoms with Gasteiger partial charge in [-0.15, -0.1) is 0 Å². The van der Waals surface area contributed by atoms with Crippen molar-refractivity contribution in [2.75, 3.05) is 0 Å². The Kier molecular flexibility index (Phi) is 5.97.